The zero-order valence-electron chi connectivity index (χ0n) is 21.6. The van der Waals surface area contributed by atoms with Crippen LogP contribution in [0.3, 0.4) is 0 Å². The van der Waals surface area contributed by atoms with Crippen molar-refractivity contribution in [3.8, 4) is 0 Å². The molecule has 3 rings (SSSR count). The molecule has 1 aliphatic rings. The summed E-state index contributed by atoms with van der Waals surface area (Å²) in [5, 5.41) is 16.8. The summed E-state index contributed by atoms with van der Waals surface area (Å²) in [7, 11) is 0. The number of ketones is 1. The second kappa shape index (κ2) is 15.9. The van der Waals surface area contributed by atoms with Gasteiger partial charge >= 0.3 is 0 Å². The van der Waals surface area contributed by atoms with Gasteiger partial charge in [-0.05, 0) is 49.9 Å². The van der Waals surface area contributed by atoms with Gasteiger partial charge in [0, 0.05) is 37.0 Å². The Bertz CT molecular complexity index is 1130. The van der Waals surface area contributed by atoms with Gasteiger partial charge in [-0.15, -0.1) is 0 Å². The van der Waals surface area contributed by atoms with Gasteiger partial charge in [0.2, 0.25) is 5.91 Å². The second-order valence-electron chi connectivity index (χ2n) is 9.37. The fourth-order valence-corrected chi connectivity index (χ4v) is 4.62. The van der Waals surface area contributed by atoms with Crippen molar-refractivity contribution in [1.29, 1.82) is 0 Å². The minimum Gasteiger partial charge on any atom is -0.391 e. The lowest BCUT2D eigenvalue weighted by molar-refractivity contribution is -0.122. The van der Waals surface area contributed by atoms with Gasteiger partial charge in [-0.1, -0.05) is 11.6 Å². The van der Waals surface area contributed by atoms with Crippen molar-refractivity contribution in [3.05, 3.63) is 39.4 Å². The Morgan fingerprint density at radius 2 is 2.03 bits per heavy atom. The maximum absolute atomic E-state index is 13.0. The van der Waals surface area contributed by atoms with Crippen LogP contribution in [0.5, 0.6) is 0 Å². The number of amides is 1. The summed E-state index contributed by atoms with van der Waals surface area (Å²) in [6, 6.07) is 3.04. The van der Waals surface area contributed by atoms with Crippen LogP contribution in [0.2, 0.25) is 5.02 Å². The average Bonchev–Trinajstić information content (AvgIpc) is 2.89. The van der Waals surface area contributed by atoms with Gasteiger partial charge in [-0.2, -0.15) is 0 Å². The molecular weight excluding hydrogens is 514 g/mol. The largest absolute Gasteiger partial charge is 0.391 e. The number of aliphatic hydroxyl groups excluding tert-OH is 1. The number of Topliss-reactive ketones (excluding diaryl/α,β-unsaturated/α-hetero) is 1. The molecule has 2 atom stereocenters. The molecular formula is C26H38ClN5O6. The van der Waals surface area contributed by atoms with E-state index in [4.69, 9.17) is 26.8 Å². The molecule has 1 amide bonds. The van der Waals surface area contributed by atoms with E-state index in [9.17, 15) is 19.5 Å². The highest BCUT2D eigenvalue weighted by atomic mass is 35.5. The van der Waals surface area contributed by atoms with Crippen LogP contribution in [0.1, 0.15) is 37.7 Å². The molecule has 0 spiro atoms. The van der Waals surface area contributed by atoms with E-state index in [1.807, 2.05) is 0 Å². The maximum Gasteiger partial charge on any atom is 0.261 e. The number of benzene rings is 1. The highest BCUT2D eigenvalue weighted by Crippen LogP contribution is 2.23. The summed E-state index contributed by atoms with van der Waals surface area (Å²) in [5.74, 6) is -0.234. The molecule has 0 saturated carbocycles. The van der Waals surface area contributed by atoms with Crippen LogP contribution in [0, 0.1) is 0 Å². The lowest BCUT2D eigenvalue weighted by atomic mass is 9.97. The average molecular weight is 552 g/mol. The number of piperidine rings is 1. The molecule has 2 unspecified atom stereocenters. The molecule has 1 aliphatic heterocycles. The smallest absolute Gasteiger partial charge is 0.261 e. The van der Waals surface area contributed by atoms with Crippen molar-refractivity contribution in [3.63, 3.8) is 0 Å². The maximum atomic E-state index is 13.0. The first-order valence-corrected chi connectivity index (χ1v) is 13.5. The van der Waals surface area contributed by atoms with Crippen LogP contribution in [0.25, 0.3) is 10.9 Å². The van der Waals surface area contributed by atoms with E-state index >= 15 is 0 Å². The number of hydrogen-bond acceptors (Lipinski definition) is 9. The number of rotatable bonds is 16. The summed E-state index contributed by atoms with van der Waals surface area (Å²) in [5.41, 5.74) is 6.27. The summed E-state index contributed by atoms with van der Waals surface area (Å²) < 4.78 is 11.9. The number of aromatic nitrogens is 2. The normalized spacial score (nSPS) is 17.6. The number of hydrogen-bond donors (Lipinski definition) is 4. The molecule has 2 aromatic rings. The lowest BCUT2D eigenvalue weighted by Gasteiger charge is -2.28. The first kappa shape index (κ1) is 30.1. The molecule has 210 valence electrons. The van der Waals surface area contributed by atoms with E-state index in [-0.39, 0.29) is 36.3 Å². The monoisotopic (exact) mass is 551 g/mol. The number of carbonyl (C=O) groups is 2. The molecule has 0 radical (unpaired) electrons. The van der Waals surface area contributed by atoms with E-state index in [1.165, 1.54) is 10.9 Å². The molecule has 0 aliphatic carbocycles. The Hall–Kier alpha value is -2.41. The van der Waals surface area contributed by atoms with Gasteiger partial charge in [0.05, 0.1) is 56.3 Å². The quantitative estimate of drug-likeness (QED) is 0.219. The first-order valence-electron chi connectivity index (χ1n) is 13.1. The van der Waals surface area contributed by atoms with Crippen LogP contribution in [-0.4, -0.2) is 84.6 Å². The highest BCUT2D eigenvalue weighted by molar-refractivity contribution is 6.32. The number of ether oxygens (including phenoxy) is 2. The lowest BCUT2D eigenvalue weighted by Crippen LogP contribution is -2.46. The van der Waals surface area contributed by atoms with E-state index in [2.05, 4.69) is 15.6 Å². The van der Waals surface area contributed by atoms with Crippen LogP contribution in [-0.2, 0) is 32.0 Å². The van der Waals surface area contributed by atoms with Crippen molar-refractivity contribution in [1.82, 2.24) is 20.2 Å². The van der Waals surface area contributed by atoms with Crippen molar-refractivity contribution in [2.45, 2.75) is 57.2 Å². The standard InChI is InChI=1S/C26H38ClN5O6/c27-21-15-20-22(13-18(21)3-1-5-25(35)30-8-10-38-12-11-37-9-6-28)31-17-32(26(20)36)16-19(33)14-23-24(34)4-2-7-29-23/h13,15,17,23-24,29,34H,1-12,14,16,28H2,(H,30,35). The third-order valence-corrected chi connectivity index (χ3v) is 6.74. The molecule has 1 fully saturated rings. The van der Waals surface area contributed by atoms with Crippen molar-refractivity contribution >= 4 is 34.2 Å². The number of nitrogens with zero attached hydrogens (tertiary/aromatic N) is 2. The fraction of sp³-hybridized carbons (Fsp3) is 0.615. The van der Waals surface area contributed by atoms with Gasteiger partial charge in [-0.25, -0.2) is 4.98 Å². The predicted octanol–water partition coefficient (Wildman–Crippen LogP) is 0.553. The Labute approximate surface area is 227 Å². The number of nitrogens with one attached hydrogen (secondary N) is 2. The third-order valence-electron chi connectivity index (χ3n) is 6.39. The van der Waals surface area contributed by atoms with Gasteiger partial charge in [0.1, 0.15) is 0 Å². The van der Waals surface area contributed by atoms with Crippen LogP contribution >= 0.6 is 11.6 Å². The number of aliphatic hydroxyl groups is 1. The van der Waals surface area contributed by atoms with E-state index in [1.54, 1.807) is 12.1 Å². The molecule has 1 saturated heterocycles. The zero-order chi connectivity index (χ0) is 27.3. The van der Waals surface area contributed by atoms with Gasteiger partial charge in [0.25, 0.3) is 5.56 Å². The molecule has 5 N–H and O–H groups in total. The highest BCUT2D eigenvalue weighted by Gasteiger charge is 2.25. The van der Waals surface area contributed by atoms with Gasteiger partial charge in [-0.3, -0.25) is 19.0 Å². The van der Waals surface area contributed by atoms with Gasteiger partial charge in [0.15, 0.2) is 5.78 Å². The third kappa shape index (κ3) is 9.40. The second-order valence-corrected chi connectivity index (χ2v) is 9.78. The summed E-state index contributed by atoms with van der Waals surface area (Å²) in [6.45, 7) is 3.38. The topological polar surface area (TPSA) is 158 Å². The number of fused-ring (bicyclic) bond motifs is 1. The molecule has 2 heterocycles. The molecule has 1 aromatic carbocycles. The molecule has 12 heteroatoms. The Balaban J connectivity index is 1.46. The molecule has 0 bridgehead atoms. The number of nitrogens with two attached hydrogens (primary N) is 1. The summed E-state index contributed by atoms with van der Waals surface area (Å²) >= 11 is 6.44. The van der Waals surface area contributed by atoms with Crippen molar-refractivity contribution < 1.29 is 24.2 Å². The Morgan fingerprint density at radius 3 is 2.79 bits per heavy atom. The predicted molar refractivity (Wildman–Crippen MR) is 144 cm³/mol. The molecule has 1 aromatic heterocycles. The van der Waals surface area contributed by atoms with Crippen LogP contribution in [0.15, 0.2) is 23.3 Å². The minimum absolute atomic E-state index is 0.0773. The van der Waals surface area contributed by atoms with E-state index in [0.717, 1.165) is 18.5 Å². The van der Waals surface area contributed by atoms with E-state index in [0.29, 0.717) is 81.1 Å². The number of aryl methyl sites for hydroxylation is 1. The van der Waals surface area contributed by atoms with Crippen LogP contribution in [0.4, 0.5) is 0 Å². The first-order chi connectivity index (χ1) is 18.4. The summed E-state index contributed by atoms with van der Waals surface area (Å²) in [6.07, 6.45) is 3.95. The molecule has 38 heavy (non-hydrogen) atoms. The number of carbonyl (C=O) groups excluding carboxylic acids is 2. The summed E-state index contributed by atoms with van der Waals surface area (Å²) in [4.78, 5) is 42.0. The van der Waals surface area contributed by atoms with Crippen molar-refractivity contribution in [2.75, 3.05) is 46.1 Å². The minimum atomic E-state index is -0.561. The Kier molecular flexibility index (Phi) is 12.6. The zero-order valence-corrected chi connectivity index (χ0v) is 22.4. The van der Waals surface area contributed by atoms with E-state index < -0.39 is 6.10 Å². The Morgan fingerprint density at radius 1 is 1.24 bits per heavy atom. The van der Waals surface area contributed by atoms with Gasteiger partial charge < -0.3 is 30.9 Å². The fourth-order valence-electron chi connectivity index (χ4n) is 4.37. The SMILES string of the molecule is NCCOCCOCCNC(=O)CCCc1cc2ncn(CC(=O)CC3NCCCC3O)c(=O)c2cc1Cl. The number of halogens is 1. The van der Waals surface area contributed by atoms with Crippen molar-refractivity contribution in [2.24, 2.45) is 5.73 Å². The molecule has 11 nitrogen and oxygen atoms in total. The van der Waals surface area contributed by atoms with Crippen LogP contribution < -0.4 is 21.9 Å².